The number of imidazole rings is 1. The molecular formula is C15H13ClN2O2. The first kappa shape index (κ1) is 13.0. The molecule has 2 aromatic carbocycles. The molecule has 0 amide bonds. The molecule has 0 aliphatic carbocycles. The number of fused-ring (bicyclic) bond motifs is 1. The zero-order valence-corrected chi connectivity index (χ0v) is 11.4. The molecule has 0 atom stereocenters. The fraction of sp³-hybridized carbons (Fsp3) is 0.133. The van der Waals surface area contributed by atoms with E-state index in [1.54, 1.807) is 12.1 Å². The largest absolute Gasteiger partial charge is 0.487 e. The molecule has 1 heterocycles. The maximum atomic E-state index is 9.14. The molecule has 5 heteroatoms. The molecule has 1 aromatic heterocycles. The predicted octanol–water partition coefficient (Wildman–Crippen LogP) is 3.29. The van der Waals surface area contributed by atoms with Crippen molar-refractivity contribution in [1.82, 2.24) is 9.97 Å². The van der Waals surface area contributed by atoms with Gasteiger partial charge in [0.15, 0.2) is 0 Å². The summed E-state index contributed by atoms with van der Waals surface area (Å²) in [5.74, 6) is 1.10. The summed E-state index contributed by atoms with van der Waals surface area (Å²) in [6, 6.07) is 13.4. The smallest absolute Gasteiger partial charge is 0.149 e. The number of benzene rings is 2. The Hall–Kier alpha value is -2.04. The van der Waals surface area contributed by atoms with Crippen LogP contribution in [0.3, 0.4) is 0 Å². The molecule has 0 aliphatic rings. The van der Waals surface area contributed by atoms with Crippen LogP contribution in [0.15, 0.2) is 42.5 Å². The molecule has 3 aromatic rings. The van der Waals surface area contributed by atoms with Crippen molar-refractivity contribution < 1.29 is 9.84 Å². The van der Waals surface area contributed by atoms with E-state index in [1.807, 2.05) is 30.3 Å². The van der Waals surface area contributed by atoms with Crippen LogP contribution in [0.2, 0.25) is 5.02 Å². The average molecular weight is 289 g/mol. The Kier molecular flexibility index (Phi) is 3.58. The fourth-order valence-corrected chi connectivity index (χ4v) is 2.23. The molecule has 0 unspecified atom stereocenters. The highest BCUT2D eigenvalue weighted by molar-refractivity contribution is 6.31. The third kappa shape index (κ3) is 2.61. The Labute approximate surface area is 121 Å². The van der Waals surface area contributed by atoms with Crippen molar-refractivity contribution in [3.05, 3.63) is 58.9 Å². The lowest BCUT2D eigenvalue weighted by Crippen LogP contribution is -1.95. The van der Waals surface area contributed by atoms with Crippen molar-refractivity contribution >= 4 is 22.6 Å². The number of aliphatic hydroxyl groups excluding tert-OH is 1. The van der Waals surface area contributed by atoms with E-state index in [0.29, 0.717) is 28.7 Å². The number of aromatic nitrogens is 2. The lowest BCUT2D eigenvalue weighted by molar-refractivity contribution is 0.273. The summed E-state index contributed by atoms with van der Waals surface area (Å²) in [6.07, 6.45) is 0. The predicted molar refractivity (Wildman–Crippen MR) is 77.8 cm³/mol. The zero-order chi connectivity index (χ0) is 13.9. The van der Waals surface area contributed by atoms with Crippen LogP contribution in [-0.4, -0.2) is 15.1 Å². The van der Waals surface area contributed by atoms with E-state index in [0.717, 1.165) is 11.1 Å². The summed E-state index contributed by atoms with van der Waals surface area (Å²) in [4.78, 5) is 7.29. The number of aromatic amines is 1. The number of hydrogen-bond donors (Lipinski definition) is 2. The SMILES string of the molecule is OCc1nc2c(OCc3ccccc3)cc(Cl)cc2[nH]1. The third-order valence-corrected chi connectivity index (χ3v) is 3.17. The van der Waals surface area contributed by atoms with Crippen molar-refractivity contribution in [1.29, 1.82) is 0 Å². The van der Waals surface area contributed by atoms with E-state index in [4.69, 9.17) is 21.4 Å². The first-order valence-corrected chi connectivity index (χ1v) is 6.60. The van der Waals surface area contributed by atoms with Gasteiger partial charge in [0.05, 0.1) is 5.52 Å². The van der Waals surface area contributed by atoms with E-state index >= 15 is 0 Å². The normalized spacial score (nSPS) is 10.9. The Morgan fingerprint density at radius 2 is 2.00 bits per heavy atom. The topological polar surface area (TPSA) is 58.1 Å². The van der Waals surface area contributed by atoms with E-state index in [-0.39, 0.29) is 6.61 Å². The van der Waals surface area contributed by atoms with Gasteiger partial charge >= 0.3 is 0 Å². The van der Waals surface area contributed by atoms with Crippen LogP contribution in [0.5, 0.6) is 5.75 Å². The second kappa shape index (κ2) is 5.53. The lowest BCUT2D eigenvalue weighted by Gasteiger charge is -2.07. The van der Waals surface area contributed by atoms with Gasteiger partial charge in [0.2, 0.25) is 0 Å². The molecule has 20 heavy (non-hydrogen) atoms. The minimum Gasteiger partial charge on any atom is -0.487 e. The van der Waals surface area contributed by atoms with Crippen LogP contribution in [0.4, 0.5) is 0 Å². The van der Waals surface area contributed by atoms with Crippen LogP contribution in [-0.2, 0) is 13.2 Å². The number of hydrogen-bond acceptors (Lipinski definition) is 3. The van der Waals surface area contributed by atoms with E-state index in [1.165, 1.54) is 0 Å². The Morgan fingerprint density at radius 1 is 1.20 bits per heavy atom. The molecule has 0 spiro atoms. The van der Waals surface area contributed by atoms with E-state index < -0.39 is 0 Å². The number of nitrogens with one attached hydrogen (secondary N) is 1. The highest BCUT2D eigenvalue weighted by Gasteiger charge is 2.10. The molecule has 4 nitrogen and oxygen atoms in total. The Balaban J connectivity index is 1.92. The van der Waals surface area contributed by atoms with Crippen molar-refractivity contribution in [3.8, 4) is 5.75 Å². The summed E-state index contributed by atoms with van der Waals surface area (Å²) in [7, 11) is 0. The zero-order valence-electron chi connectivity index (χ0n) is 10.6. The van der Waals surface area contributed by atoms with Gasteiger partial charge in [-0.15, -0.1) is 0 Å². The quantitative estimate of drug-likeness (QED) is 0.774. The highest BCUT2D eigenvalue weighted by Crippen LogP contribution is 2.29. The second-order valence-corrected chi connectivity index (χ2v) is 4.85. The van der Waals surface area contributed by atoms with E-state index in [2.05, 4.69) is 9.97 Å². The molecule has 3 rings (SSSR count). The van der Waals surface area contributed by atoms with Crippen molar-refractivity contribution in [2.24, 2.45) is 0 Å². The maximum Gasteiger partial charge on any atom is 0.149 e. The number of aliphatic hydroxyl groups is 1. The number of halogens is 1. The standard InChI is InChI=1S/C15H13ClN2O2/c16-11-6-12-15(18-14(8-19)17-12)13(7-11)20-9-10-4-2-1-3-5-10/h1-7,19H,8-9H2,(H,17,18). The van der Waals surface area contributed by atoms with E-state index in [9.17, 15) is 0 Å². The van der Waals surface area contributed by atoms with Crippen LogP contribution in [0, 0.1) is 0 Å². The number of nitrogens with zero attached hydrogens (tertiary/aromatic N) is 1. The van der Waals surface area contributed by atoms with Gasteiger partial charge in [-0.05, 0) is 11.6 Å². The Bertz CT molecular complexity index is 725. The molecule has 0 saturated heterocycles. The summed E-state index contributed by atoms with van der Waals surface area (Å²) in [5.41, 5.74) is 2.50. The monoisotopic (exact) mass is 288 g/mol. The molecule has 0 aliphatic heterocycles. The average Bonchev–Trinajstić information content (AvgIpc) is 2.88. The molecule has 102 valence electrons. The number of rotatable bonds is 4. The second-order valence-electron chi connectivity index (χ2n) is 4.42. The number of ether oxygens (including phenoxy) is 1. The van der Waals surface area contributed by atoms with Gasteiger partial charge in [0.25, 0.3) is 0 Å². The minimum atomic E-state index is -0.148. The number of H-pyrrole nitrogens is 1. The van der Waals surface area contributed by atoms with Crippen molar-refractivity contribution in [3.63, 3.8) is 0 Å². The van der Waals surface area contributed by atoms with Gasteiger partial charge in [-0.25, -0.2) is 4.98 Å². The summed E-state index contributed by atoms with van der Waals surface area (Å²) in [6.45, 7) is 0.294. The summed E-state index contributed by atoms with van der Waals surface area (Å²) in [5, 5.41) is 9.70. The maximum absolute atomic E-state index is 9.14. The van der Waals surface area contributed by atoms with Crippen LogP contribution < -0.4 is 4.74 Å². The summed E-state index contributed by atoms with van der Waals surface area (Å²) < 4.78 is 5.80. The first-order valence-electron chi connectivity index (χ1n) is 6.22. The molecular weight excluding hydrogens is 276 g/mol. The highest BCUT2D eigenvalue weighted by atomic mass is 35.5. The van der Waals surface area contributed by atoms with Gasteiger partial charge in [-0.2, -0.15) is 0 Å². The van der Waals surface area contributed by atoms with Gasteiger partial charge in [-0.1, -0.05) is 41.9 Å². The fourth-order valence-electron chi connectivity index (χ4n) is 2.02. The first-order chi connectivity index (χ1) is 9.76. The Morgan fingerprint density at radius 3 is 2.75 bits per heavy atom. The third-order valence-electron chi connectivity index (χ3n) is 2.95. The minimum absolute atomic E-state index is 0.148. The molecule has 0 radical (unpaired) electrons. The van der Waals surface area contributed by atoms with Crippen molar-refractivity contribution in [2.45, 2.75) is 13.2 Å². The van der Waals surface area contributed by atoms with Crippen molar-refractivity contribution in [2.75, 3.05) is 0 Å². The molecule has 2 N–H and O–H groups in total. The molecule has 0 fully saturated rings. The van der Waals surface area contributed by atoms with Crippen LogP contribution in [0.1, 0.15) is 11.4 Å². The molecule has 0 bridgehead atoms. The lowest BCUT2D eigenvalue weighted by atomic mass is 10.2. The van der Waals surface area contributed by atoms with Crippen LogP contribution in [0.25, 0.3) is 11.0 Å². The van der Waals surface area contributed by atoms with Gasteiger partial charge < -0.3 is 14.8 Å². The molecule has 0 saturated carbocycles. The van der Waals surface area contributed by atoms with Gasteiger partial charge in [0.1, 0.15) is 30.3 Å². The van der Waals surface area contributed by atoms with Gasteiger partial charge in [0, 0.05) is 11.1 Å². The van der Waals surface area contributed by atoms with Gasteiger partial charge in [-0.3, -0.25) is 0 Å². The summed E-state index contributed by atoms with van der Waals surface area (Å²) >= 11 is 6.07. The van der Waals surface area contributed by atoms with Crippen LogP contribution >= 0.6 is 11.6 Å².